The predicted molar refractivity (Wildman–Crippen MR) is 87.4 cm³/mol. The lowest BCUT2D eigenvalue weighted by atomic mass is 10.2. The van der Waals surface area contributed by atoms with E-state index in [-0.39, 0.29) is 0 Å². The van der Waals surface area contributed by atoms with Crippen molar-refractivity contribution >= 4 is 29.0 Å². The molecule has 0 aliphatic heterocycles. The summed E-state index contributed by atoms with van der Waals surface area (Å²) in [6.45, 7) is 2.66. The standard InChI is InChI=1S/C16H17Cl2N3/c1-10-19-15-5-3-4-13(15)16(20-10)21(2)9-11-6-7-12(17)8-14(11)18/h6-8H,3-5,9H2,1-2H3. The lowest BCUT2D eigenvalue weighted by Crippen LogP contribution is -2.20. The SMILES string of the molecule is Cc1nc2c(c(N(C)Cc3ccc(Cl)cc3Cl)n1)CCC2. The van der Waals surface area contributed by atoms with Gasteiger partial charge in [-0.1, -0.05) is 29.3 Å². The Morgan fingerprint density at radius 2 is 2.00 bits per heavy atom. The summed E-state index contributed by atoms with van der Waals surface area (Å²) in [5.74, 6) is 1.86. The number of aryl methyl sites for hydroxylation is 2. The molecule has 1 aromatic heterocycles. The highest BCUT2D eigenvalue weighted by atomic mass is 35.5. The van der Waals surface area contributed by atoms with Crippen LogP contribution >= 0.6 is 23.2 Å². The van der Waals surface area contributed by atoms with Crippen molar-refractivity contribution in [2.75, 3.05) is 11.9 Å². The third-order valence-corrected chi connectivity index (χ3v) is 4.39. The second-order valence-electron chi connectivity index (χ2n) is 5.47. The van der Waals surface area contributed by atoms with Crippen LogP contribution in [0, 0.1) is 6.92 Å². The fourth-order valence-electron chi connectivity index (χ4n) is 2.83. The van der Waals surface area contributed by atoms with E-state index in [1.54, 1.807) is 6.07 Å². The van der Waals surface area contributed by atoms with Gasteiger partial charge in [-0.25, -0.2) is 9.97 Å². The molecular weight excluding hydrogens is 305 g/mol. The molecule has 21 heavy (non-hydrogen) atoms. The monoisotopic (exact) mass is 321 g/mol. The summed E-state index contributed by atoms with van der Waals surface area (Å²) >= 11 is 12.2. The predicted octanol–water partition coefficient (Wildman–Crippen LogP) is 4.22. The minimum Gasteiger partial charge on any atom is -0.355 e. The van der Waals surface area contributed by atoms with E-state index in [9.17, 15) is 0 Å². The molecule has 1 aromatic carbocycles. The molecule has 1 heterocycles. The van der Waals surface area contributed by atoms with E-state index >= 15 is 0 Å². The van der Waals surface area contributed by atoms with Crippen LogP contribution in [0.1, 0.15) is 29.1 Å². The number of nitrogens with zero attached hydrogens (tertiary/aromatic N) is 3. The molecule has 3 rings (SSSR count). The zero-order valence-corrected chi connectivity index (χ0v) is 13.7. The molecule has 110 valence electrons. The third kappa shape index (κ3) is 2.99. The van der Waals surface area contributed by atoms with Gasteiger partial charge in [-0.2, -0.15) is 0 Å². The van der Waals surface area contributed by atoms with Gasteiger partial charge in [-0.15, -0.1) is 0 Å². The molecule has 0 saturated heterocycles. The van der Waals surface area contributed by atoms with Gasteiger partial charge in [0.15, 0.2) is 0 Å². The molecule has 0 bridgehead atoms. The molecule has 1 aliphatic rings. The average Bonchev–Trinajstić information content (AvgIpc) is 2.88. The van der Waals surface area contributed by atoms with E-state index in [0.29, 0.717) is 16.6 Å². The Labute approximate surface area is 134 Å². The van der Waals surface area contributed by atoms with Crippen LogP contribution in [-0.2, 0) is 19.4 Å². The number of halogens is 2. The van der Waals surface area contributed by atoms with Gasteiger partial charge in [-0.3, -0.25) is 0 Å². The van der Waals surface area contributed by atoms with Crippen LogP contribution < -0.4 is 4.90 Å². The van der Waals surface area contributed by atoms with Gasteiger partial charge in [0.1, 0.15) is 11.6 Å². The minimum atomic E-state index is 0.658. The van der Waals surface area contributed by atoms with E-state index in [1.807, 2.05) is 26.1 Å². The smallest absolute Gasteiger partial charge is 0.135 e. The van der Waals surface area contributed by atoms with Crippen LogP contribution in [0.15, 0.2) is 18.2 Å². The summed E-state index contributed by atoms with van der Waals surface area (Å²) in [5, 5.41) is 1.35. The highest BCUT2D eigenvalue weighted by molar-refractivity contribution is 6.35. The van der Waals surface area contributed by atoms with E-state index in [1.165, 1.54) is 11.3 Å². The Balaban J connectivity index is 1.91. The number of hydrogen-bond acceptors (Lipinski definition) is 3. The maximum Gasteiger partial charge on any atom is 0.135 e. The fourth-order valence-corrected chi connectivity index (χ4v) is 3.30. The van der Waals surface area contributed by atoms with E-state index in [4.69, 9.17) is 23.2 Å². The summed E-state index contributed by atoms with van der Waals surface area (Å²) < 4.78 is 0. The lowest BCUT2D eigenvalue weighted by Gasteiger charge is -2.22. The van der Waals surface area contributed by atoms with Crippen molar-refractivity contribution in [2.45, 2.75) is 32.7 Å². The van der Waals surface area contributed by atoms with Crippen molar-refractivity contribution in [3.05, 3.63) is 50.9 Å². The van der Waals surface area contributed by atoms with Gasteiger partial charge in [0.2, 0.25) is 0 Å². The van der Waals surface area contributed by atoms with Gasteiger partial charge in [-0.05, 0) is 43.9 Å². The lowest BCUT2D eigenvalue weighted by molar-refractivity contribution is 0.860. The van der Waals surface area contributed by atoms with Crippen LogP contribution in [0.4, 0.5) is 5.82 Å². The topological polar surface area (TPSA) is 29.0 Å². The first-order valence-electron chi connectivity index (χ1n) is 7.06. The van der Waals surface area contributed by atoms with Crippen LogP contribution in [-0.4, -0.2) is 17.0 Å². The summed E-state index contributed by atoms with van der Waals surface area (Å²) in [6.07, 6.45) is 3.28. The molecule has 0 N–H and O–H groups in total. The van der Waals surface area contributed by atoms with Gasteiger partial charge in [0, 0.05) is 34.9 Å². The minimum absolute atomic E-state index is 0.658. The second kappa shape index (κ2) is 5.82. The van der Waals surface area contributed by atoms with Crippen molar-refractivity contribution < 1.29 is 0 Å². The van der Waals surface area contributed by atoms with Gasteiger partial charge >= 0.3 is 0 Å². The number of aromatic nitrogens is 2. The van der Waals surface area contributed by atoms with Crippen LogP contribution in [0.3, 0.4) is 0 Å². The maximum absolute atomic E-state index is 6.27. The number of benzene rings is 1. The van der Waals surface area contributed by atoms with Crippen molar-refractivity contribution in [3.8, 4) is 0 Å². The molecule has 0 saturated carbocycles. The fraction of sp³-hybridized carbons (Fsp3) is 0.375. The number of anilines is 1. The van der Waals surface area contributed by atoms with E-state index in [0.717, 1.165) is 36.5 Å². The Morgan fingerprint density at radius 3 is 2.76 bits per heavy atom. The maximum atomic E-state index is 6.27. The van der Waals surface area contributed by atoms with Gasteiger partial charge < -0.3 is 4.90 Å². The molecule has 0 atom stereocenters. The number of fused-ring (bicyclic) bond motifs is 1. The molecule has 0 spiro atoms. The molecule has 2 aromatic rings. The second-order valence-corrected chi connectivity index (χ2v) is 6.31. The molecule has 0 fully saturated rings. The summed E-state index contributed by atoms with van der Waals surface area (Å²) in [5.41, 5.74) is 3.53. The molecule has 5 heteroatoms. The number of hydrogen-bond donors (Lipinski definition) is 0. The first-order chi connectivity index (χ1) is 10.0. The first-order valence-corrected chi connectivity index (χ1v) is 7.81. The van der Waals surface area contributed by atoms with Crippen LogP contribution in [0.2, 0.25) is 10.0 Å². The Morgan fingerprint density at radius 1 is 1.19 bits per heavy atom. The molecule has 0 amide bonds. The van der Waals surface area contributed by atoms with Crippen molar-refractivity contribution in [2.24, 2.45) is 0 Å². The Kier molecular flexibility index (Phi) is 4.05. The van der Waals surface area contributed by atoms with Crippen molar-refractivity contribution in [1.82, 2.24) is 9.97 Å². The zero-order valence-electron chi connectivity index (χ0n) is 12.2. The molecule has 3 nitrogen and oxygen atoms in total. The normalized spacial score (nSPS) is 13.3. The largest absolute Gasteiger partial charge is 0.355 e. The Bertz CT molecular complexity index is 685. The zero-order chi connectivity index (χ0) is 15.0. The van der Waals surface area contributed by atoms with Crippen molar-refractivity contribution in [1.29, 1.82) is 0 Å². The summed E-state index contributed by atoms with van der Waals surface area (Å²) in [6, 6.07) is 5.61. The third-order valence-electron chi connectivity index (χ3n) is 3.81. The quantitative estimate of drug-likeness (QED) is 0.847. The van der Waals surface area contributed by atoms with Crippen molar-refractivity contribution in [3.63, 3.8) is 0 Å². The van der Waals surface area contributed by atoms with Gasteiger partial charge in [0.05, 0.1) is 0 Å². The van der Waals surface area contributed by atoms with E-state index < -0.39 is 0 Å². The summed E-state index contributed by atoms with van der Waals surface area (Å²) in [7, 11) is 2.05. The molecule has 0 radical (unpaired) electrons. The highest BCUT2D eigenvalue weighted by Gasteiger charge is 2.21. The van der Waals surface area contributed by atoms with E-state index in [2.05, 4.69) is 14.9 Å². The molecule has 0 unspecified atom stereocenters. The van der Waals surface area contributed by atoms with Gasteiger partial charge in [0.25, 0.3) is 0 Å². The molecule has 1 aliphatic carbocycles. The van der Waals surface area contributed by atoms with Crippen LogP contribution in [0.5, 0.6) is 0 Å². The first kappa shape index (κ1) is 14.6. The Hall–Kier alpha value is -1.32. The summed E-state index contributed by atoms with van der Waals surface area (Å²) in [4.78, 5) is 11.3. The average molecular weight is 322 g/mol. The highest BCUT2D eigenvalue weighted by Crippen LogP contribution is 2.30. The molecular formula is C16H17Cl2N3. The number of rotatable bonds is 3. The van der Waals surface area contributed by atoms with Crippen LogP contribution in [0.25, 0.3) is 0 Å².